The quantitative estimate of drug-likeness (QED) is 0.496. The molecule has 0 atom stereocenters. The van der Waals surface area contributed by atoms with Crippen molar-refractivity contribution in [2.45, 2.75) is 6.92 Å². The number of pyridine rings is 1. The van der Waals surface area contributed by atoms with Gasteiger partial charge >= 0.3 is 0 Å². The SMILES string of the molecule is COc1cc(C(C)=O)cc(F)n1. The van der Waals surface area contributed by atoms with Gasteiger partial charge in [0.05, 0.1) is 7.11 Å². The van der Waals surface area contributed by atoms with Crippen LogP contribution in [0.5, 0.6) is 5.88 Å². The molecule has 0 N–H and O–H groups in total. The fraction of sp³-hybridized carbons (Fsp3) is 0.250. The van der Waals surface area contributed by atoms with Crippen LogP contribution in [0, 0.1) is 5.95 Å². The predicted molar refractivity (Wildman–Crippen MR) is 40.8 cm³/mol. The zero-order valence-electron chi connectivity index (χ0n) is 6.80. The van der Waals surface area contributed by atoms with Crippen LogP contribution in [0.15, 0.2) is 12.1 Å². The highest BCUT2D eigenvalue weighted by Crippen LogP contribution is 2.11. The molecular formula is C8H8FNO2. The van der Waals surface area contributed by atoms with E-state index in [0.717, 1.165) is 6.07 Å². The second-order valence-electron chi connectivity index (χ2n) is 2.28. The van der Waals surface area contributed by atoms with Crippen LogP contribution in [-0.4, -0.2) is 17.9 Å². The lowest BCUT2D eigenvalue weighted by Crippen LogP contribution is -1.97. The van der Waals surface area contributed by atoms with Gasteiger partial charge in [-0.3, -0.25) is 4.79 Å². The second-order valence-corrected chi connectivity index (χ2v) is 2.28. The van der Waals surface area contributed by atoms with E-state index in [1.807, 2.05) is 0 Å². The molecule has 1 aromatic heterocycles. The van der Waals surface area contributed by atoms with Crippen molar-refractivity contribution in [3.8, 4) is 5.88 Å². The van der Waals surface area contributed by atoms with Gasteiger partial charge in [0.2, 0.25) is 11.8 Å². The summed E-state index contributed by atoms with van der Waals surface area (Å²) in [5.74, 6) is -0.811. The minimum atomic E-state index is -0.709. The lowest BCUT2D eigenvalue weighted by atomic mass is 10.2. The molecule has 12 heavy (non-hydrogen) atoms. The van der Waals surface area contributed by atoms with Gasteiger partial charge in [0.25, 0.3) is 0 Å². The summed E-state index contributed by atoms with van der Waals surface area (Å²) in [5.41, 5.74) is 0.263. The summed E-state index contributed by atoms with van der Waals surface area (Å²) in [6.45, 7) is 1.36. The first-order valence-corrected chi connectivity index (χ1v) is 3.36. The lowest BCUT2D eigenvalue weighted by molar-refractivity contribution is 0.101. The van der Waals surface area contributed by atoms with E-state index in [1.54, 1.807) is 0 Å². The third kappa shape index (κ3) is 1.78. The molecule has 64 valence electrons. The lowest BCUT2D eigenvalue weighted by Gasteiger charge is -2.00. The minimum absolute atomic E-state index is 0.111. The smallest absolute Gasteiger partial charge is 0.216 e. The summed E-state index contributed by atoms with van der Waals surface area (Å²) in [7, 11) is 1.37. The van der Waals surface area contributed by atoms with Crippen LogP contribution >= 0.6 is 0 Å². The highest BCUT2D eigenvalue weighted by atomic mass is 19.1. The van der Waals surface area contributed by atoms with Gasteiger partial charge in [-0.15, -0.1) is 0 Å². The highest BCUT2D eigenvalue weighted by Gasteiger charge is 2.05. The molecule has 0 aliphatic rings. The van der Waals surface area contributed by atoms with E-state index in [4.69, 9.17) is 0 Å². The molecule has 0 radical (unpaired) electrons. The number of nitrogens with zero attached hydrogens (tertiary/aromatic N) is 1. The summed E-state index contributed by atoms with van der Waals surface area (Å²) in [6, 6.07) is 2.47. The zero-order chi connectivity index (χ0) is 9.14. The molecule has 0 aromatic carbocycles. The maximum absolute atomic E-state index is 12.6. The van der Waals surface area contributed by atoms with Gasteiger partial charge in [0.15, 0.2) is 5.78 Å². The molecule has 0 spiro atoms. The van der Waals surface area contributed by atoms with Gasteiger partial charge in [0, 0.05) is 17.7 Å². The van der Waals surface area contributed by atoms with Crippen LogP contribution in [0.25, 0.3) is 0 Å². The summed E-state index contributed by atoms with van der Waals surface area (Å²) >= 11 is 0. The van der Waals surface area contributed by atoms with Crippen molar-refractivity contribution in [1.82, 2.24) is 4.98 Å². The van der Waals surface area contributed by atoms with Crippen LogP contribution in [0.2, 0.25) is 0 Å². The molecule has 4 heteroatoms. The van der Waals surface area contributed by atoms with E-state index in [-0.39, 0.29) is 17.2 Å². The Hall–Kier alpha value is -1.45. The van der Waals surface area contributed by atoms with Gasteiger partial charge in [-0.05, 0) is 6.92 Å². The number of halogens is 1. The van der Waals surface area contributed by atoms with Crippen LogP contribution < -0.4 is 4.74 Å². The number of Topliss-reactive ketones (excluding diaryl/α,β-unsaturated/α-hetero) is 1. The van der Waals surface area contributed by atoms with Gasteiger partial charge in [-0.25, -0.2) is 0 Å². The van der Waals surface area contributed by atoms with Crippen molar-refractivity contribution in [3.05, 3.63) is 23.6 Å². The van der Waals surface area contributed by atoms with E-state index in [2.05, 4.69) is 9.72 Å². The van der Waals surface area contributed by atoms with E-state index in [9.17, 15) is 9.18 Å². The molecule has 0 amide bonds. The third-order valence-electron chi connectivity index (χ3n) is 1.39. The molecule has 1 rings (SSSR count). The number of aromatic nitrogens is 1. The maximum Gasteiger partial charge on any atom is 0.216 e. The zero-order valence-corrected chi connectivity index (χ0v) is 6.80. The van der Waals surface area contributed by atoms with Gasteiger partial charge in [-0.1, -0.05) is 0 Å². The summed E-state index contributed by atoms with van der Waals surface area (Å²) in [6.07, 6.45) is 0. The van der Waals surface area contributed by atoms with E-state index in [1.165, 1.54) is 20.1 Å². The predicted octanol–water partition coefficient (Wildman–Crippen LogP) is 1.43. The number of ether oxygens (including phenoxy) is 1. The number of methoxy groups -OCH3 is 1. The molecule has 1 heterocycles. The minimum Gasteiger partial charge on any atom is -0.481 e. The number of hydrogen-bond acceptors (Lipinski definition) is 3. The van der Waals surface area contributed by atoms with Crippen LogP contribution in [-0.2, 0) is 0 Å². The molecule has 0 saturated carbocycles. The molecule has 0 fully saturated rings. The van der Waals surface area contributed by atoms with E-state index < -0.39 is 5.95 Å². The number of hydrogen-bond donors (Lipinski definition) is 0. The molecule has 0 saturated heterocycles. The Bertz CT molecular complexity index is 312. The maximum atomic E-state index is 12.6. The standard InChI is InChI=1S/C8H8FNO2/c1-5(11)6-3-7(9)10-8(4-6)12-2/h3-4H,1-2H3. The number of carbonyl (C=O) groups is 1. The Kier molecular flexibility index (Phi) is 2.38. The van der Waals surface area contributed by atoms with Crippen molar-refractivity contribution in [1.29, 1.82) is 0 Å². The van der Waals surface area contributed by atoms with Crippen molar-refractivity contribution in [2.24, 2.45) is 0 Å². The molecule has 0 unspecified atom stereocenters. The van der Waals surface area contributed by atoms with Crippen LogP contribution in [0.4, 0.5) is 4.39 Å². The third-order valence-corrected chi connectivity index (χ3v) is 1.39. The largest absolute Gasteiger partial charge is 0.481 e. The fourth-order valence-corrected chi connectivity index (χ4v) is 0.781. The van der Waals surface area contributed by atoms with Crippen molar-refractivity contribution >= 4 is 5.78 Å². The fourth-order valence-electron chi connectivity index (χ4n) is 0.781. The molecule has 0 aliphatic carbocycles. The Morgan fingerprint density at radius 1 is 1.58 bits per heavy atom. The Balaban J connectivity index is 3.15. The van der Waals surface area contributed by atoms with Gasteiger partial charge in [-0.2, -0.15) is 9.37 Å². The first kappa shape index (κ1) is 8.64. The van der Waals surface area contributed by atoms with E-state index in [0.29, 0.717) is 0 Å². The second kappa shape index (κ2) is 3.30. The monoisotopic (exact) mass is 169 g/mol. The molecular weight excluding hydrogens is 161 g/mol. The van der Waals surface area contributed by atoms with Gasteiger partial charge in [0.1, 0.15) is 0 Å². The molecule has 0 bridgehead atoms. The highest BCUT2D eigenvalue weighted by molar-refractivity contribution is 5.94. The molecule has 1 aromatic rings. The normalized spacial score (nSPS) is 9.58. The Morgan fingerprint density at radius 3 is 2.75 bits per heavy atom. The average Bonchev–Trinajstić information content (AvgIpc) is 2.03. The Labute approximate surface area is 69.2 Å². The van der Waals surface area contributed by atoms with Gasteiger partial charge < -0.3 is 4.74 Å². The molecule has 0 aliphatic heterocycles. The van der Waals surface area contributed by atoms with Crippen molar-refractivity contribution in [2.75, 3.05) is 7.11 Å². The summed E-state index contributed by atoms with van der Waals surface area (Å²) < 4.78 is 17.3. The number of carbonyl (C=O) groups excluding carboxylic acids is 1. The number of rotatable bonds is 2. The topological polar surface area (TPSA) is 39.2 Å². The van der Waals surface area contributed by atoms with Crippen molar-refractivity contribution < 1.29 is 13.9 Å². The number of ketones is 1. The first-order valence-electron chi connectivity index (χ1n) is 3.36. The average molecular weight is 169 g/mol. The van der Waals surface area contributed by atoms with Crippen molar-refractivity contribution in [3.63, 3.8) is 0 Å². The van der Waals surface area contributed by atoms with E-state index >= 15 is 0 Å². The first-order chi connectivity index (χ1) is 5.63. The van der Waals surface area contributed by atoms with Crippen LogP contribution in [0.1, 0.15) is 17.3 Å². The Morgan fingerprint density at radius 2 is 2.25 bits per heavy atom. The van der Waals surface area contributed by atoms with Crippen LogP contribution in [0.3, 0.4) is 0 Å². The summed E-state index contributed by atoms with van der Waals surface area (Å²) in [4.78, 5) is 14.2. The molecule has 3 nitrogen and oxygen atoms in total. The summed E-state index contributed by atoms with van der Waals surface area (Å²) in [5, 5.41) is 0.